The Bertz CT molecular complexity index is 930. The number of rotatable bonds is 4. The molecule has 30 heavy (non-hydrogen) atoms. The molecule has 5 nitrogen and oxygen atoms in total. The van der Waals surface area contributed by atoms with Gasteiger partial charge in [0.25, 0.3) is 5.91 Å². The summed E-state index contributed by atoms with van der Waals surface area (Å²) >= 11 is 0. The molecule has 2 fully saturated rings. The molecule has 0 unspecified atom stereocenters. The van der Waals surface area contributed by atoms with Gasteiger partial charge in [-0.2, -0.15) is 0 Å². The Balaban J connectivity index is 1.55. The Morgan fingerprint density at radius 3 is 2.50 bits per heavy atom. The van der Waals surface area contributed by atoms with Crippen molar-refractivity contribution in [1.82, 2.24) is 15.2 Å². The van der Waals surface area contributed by atoms with E-state index in [-0.39, 0.29) is 23.8 Å². The van der Waals surface area contributed by atoms with E-state index in [0.29, 0.717) is 12.1 Å². The van der Waals surface area contributed by atoms with E-state index < -0.39 is 5.54 Å². The summed E-state index contributed by atoms with van der Waals surface area (Å²) in [6, 6.07) is 13.8. The van der Waals surface area contributed by atoms with E-state index in [1.165, 1.54) is 12.8 Å². The monoisotopic (exact) mass is 403 g/mol. The van der Waals surface area contributed by atoms with E-state index in [0.717, 1.165) is 49.8 Å². The highest BCUT2D eigenvalue weighted by molar-refractivity contribution is 6.02. The molecule has 2 heterocycles. The lowest BCUT2D eigenvalue weighted by Crippen LogP contribution is -2.63. The van der Waals surface area contributed by atoms with Gasteiger partial charge < -0.3 is 10.2 Å². The van der Waals surface area contributed by atoms with E-state index in [2.05, 4.69) is 15.2 Å². The molecular formula is C25H29N3O2. The largest absolute Gasteiger partial charge is 0.350 e. The van der Waals surface area contributed by atoms with Gasteiger partial charge in [-0.05, 0) is 49.4 Å². The van der Waals surface area contributed by atoms with Gasteiger partial charge in [0, 0.05) is 17.8 Å². The first kappa shape index (κ1) is 19.3. The number of nitrogens with zero attached hydrogens (tertiary/aromatic N) is 2. The van der Waals surface area contributed by atoms with Gasteiger partial charge in [0.15, 0.2) is 0 Å². The molecule has 5 heteroatoms. The lowest BCUT2D eigenvalue weighted by atomic mass is 9.70. The van der Waals surface area contributed by atoms with Gasteiger partial charge in [0.1, 0.15) is 0 Å². The van der Waals surface area contributed by atoms with Gasteiger partial charge >= 0.3 is 0 Å². The fourth-order valence-corrected chi connectivity index (χ4v) is 6.08. The molecule has 1 aliphatic heterocycles. The number of hydrogen-bond acceptors (Lipinski definition) is 3. The van der Waals surface area contributed by atoms with Crippen LogP contribution in [0.15, 0.2) is 48.7 Å². The second kappa shape index (κ2) is 7.86. The van der Waals surface area contributed by atoms with Gasteiger partial charge in [-0.15, -0.1) is 0 Å². The zero-order chi connectivity index (χ0) is 20.6. The van der Waals surface area contributed by atoms with Crippen molar-refractivity contribution in [1.29, 1.82) is 0 Å². The van der Waals surface area contributed by atoms with Gasteiger partial charge in [-0.25, -0.2) is 0 Å². The maximum absolute atomic E-state index is 13.7. The van der Waals surface area contributed by atoms with Crippen molar-refractivity contribution in [2.45, 2.75) is 75.4 Å². The Kier molecular flexibility index (Phi) is 5.05. The average Bonchev–Trinajstić information content (AvgIpc) is 3.47. The molecule has 2 aliphatic carbocycles. The smallest absolute Gasteiger partial charge is 0.254 e. The summed E-state index contributed by atoms with van der Waals surface area (Å²) in [6.07, 6.45) is 10.2. The fourth-order valence-electron chi connectivity index (χ4n) is 6.08. The SMILES string of the molecule is O=C(NCc1ccccn1)[C@@H]1c2ccccc2C(=O)N(C2CCCC2)C12CCCC2. The molecule has 1 aromatic carbocycles. The highest BCUT2D eigenvalue weighted by atomic mass is 16.2. The molecule has 0 bridgehead atoms. The van der Waals surface area contributed by atoms with Gasteiger partial charge in [-0.3, -0.25) is 14.6 Å². The predicted molar refractivity (Wildman–Crippen MR) is 115 cm³/mol. The van der Waals surface area contributed by atoms with Crippen LogP contribution in [0.3, 0.4) is 0 Å². The van der Waals surface area contributed by atoms with Crippen molar-refractivity contribution in [3.63, 3.8) is 0 Å². The van der Waals surface area contributed by atoms with Crippen LogP contribution in [0.25, 0.3) is 0 Å². The van der Waals surface area contributed by atoms with Crippen LogP contribution in [0, 0.1) is 0 Å². The third-order valence-corrected chi connectivity index (χ3v) is 7.33. The van der Waals surface area contributed by atoms with Crippen LogP contribution in [-0.4, -0.2) is 33.3 Å². The summed E-state index contributed by atoms with van der Waals surface area (Å²) in [7, 11) is 0. The van der Waals surface area contributed by atoms with Crippen LogP contribution in [0.5, 0.6) is 0 Å². The number of pyridine rings is 1. The molecule has 5 rings (SSSR count). The first-order valence-electron chi connectivity index (χ1n) is 11.3. The molecule has 2 saturated carbocycles. The van der Waals surface area contributed by atoms with E-state index in [4.69, 9.17) is 0 Å². The Labute approximate surface area is 177 Å². The summed E-state index contributed by atoms with van der Waals surface area (Å²) in [4.78, 5) is 33.9. The first-order valence-corrected chi connectivity index (χ1v) is 11.3. The maximum Gasteiger partial charge on any atom is 0.254 e. The topological polar surface area (TPSA) is 62.3 Å². The molecule has 1 atom stereocenters. The van der Waals surface area contributed by atoms with Crippen LogP contribution < -0.4 is 5.32 Å². The molecule has 2 amide bonds. The van der Waals surface area contributed by atoms with Crippen LogP contribution in [-0.2, 0) is 11.3 Å². The molecule has 0 radical (unpaired) electrons. The van der Waals surface area contributed by atoms with Gasteiger partial charge in [0.2, 0.25) is 5.91 Å². The number of hydrogen-bond donors (Lipinski definition) is 1. The van der Waals surface area contributed by atoms with Crippen LogP contribution in [0.4, 0.5) is 0 Å². The summed E-state index contributed by atoms with van der Waals surface area (Å²) < 4.78 is 0. The highest BCUT2D eigenvalue weighted by Gasteiger charge is 2.57. The summed E-state index contributed by atoms with van der Waals surface area (Å²) in [6.45, 7) is 0.409. The van der Waals surface area contributed by atoms with Crippen LogP contribution in [0.1, 0.15) is 78.9 Å². The number of nitrogens with one attached hydrogen (secondary N) is 1. The van der Waals surface area contributed by atoms with Crippen molar-refractivity contribution in [2.24, 2.45) is 0 Å². The molecule has 1 aromatic heterocycles. The van der Waals surface area contributed by atoms with Crippen LogP contribution >= 0.6 is 0 Å². The minimum absolute atomic E-state index is 0.0190. The molecule has 156 valence electrons. The first-order chi connectivity index (χ1) is 14.7. The average molecular weight is 404 g/mol. The lowest BCUT2D eigenvalue weighted by Gasteiger charge is -2.52. The van der Waals surface area contributed by atoms with E-state index >= 15 is 0 Å². The minimum atomic E-state index is -0.394. The number of aromatic nitrogens is 1. The quantitative estimate of drug-likeness (QED) is 0.832. The number of carbonyl (C=O) groups is 2. The number of carbonyl (C=O) groups excluding carboxylic acids is 2. The fraction of sp³-hybridized carbons (Fsp3) is 0.480. The molecule has 1 spiro atoms. The zero-order valence-electron chi connectivity index (χ0n) is 17.3. The van der Waals surface area contributed by atoms with Crippen molar-refractivity contribution in [3.8, 4) is 0 Å². The zero-order valence-corrected chi connectivity index (χ0v) is 17.3. The highest BCUT2D eigenvalue weighted by Crippen LogP contribution is 2.52. The third-order valence-electron chi connectivity index (χ3n) is 7.33. The molecule has 0 saturated heterocycles. The Morgan fingerprint density at radius 2 is 1.77 bits per heavy atom. The van der Waals surface area contributed by atoms with Gasteiger partial charge in [0.05, 0.1) is 23.7 Å². The molecular weight excluding hydrogens is 374 g/mol. The summed E-state index contributed by atoms with van der Waals surface area (Å²) in [5.41, 5.74) is 2.06. The second-order valence-corrected chi connectivity index (χ2v) is 8.98. The van der Waals surface area contributed by atoms with Crippen LogP contribution in [0.2, 0.25) is 0 Å². The third kappa shape index (κ3) is 3.11. The van der Waals surface area contributed by atoms with Crippen molar-refractivity contribution in [2.75, 3.05) is 0 Å². The Morgan fingerprint density at radius 1 is 1.03 bits per heavy atom. The molecule has 2 aromatic rings. The van der Waals surface area contributed by atoms with Crippen molar-refractivity contribution < 1.29 is 9.59 Å². The number of fused-ring (bicyclic) bond motifs is 1. The molecule has 1 N–H and O–H groups in total. The van der Waals surface area contributed by atoms with Crippen molar-refractivity contribution >= 4 is 11.8 Å². The van der Waals surface area contributed by atoms with E-state index in [1.54, 1.807) is 6.20 Å². The van der Waals surface area contributed by atoms with E-state index in [1.807, 2.05) is 42.5 Å². The number of amides is 2. The maximum atomic E-state index is 13.7. The van der Waals surface area contributed by atoms with Gasteiger partial charge in [-0.1, -0.05) is 49.9 Å². The minimum Gasteiger partial charge on any atom is -0.350 e. The normalized spacial score (nSPS) is 23.0. The Hall–Kier alpha value is -2.69. The van der Waals surface area contributed by atoms with E-state index in [9.17, 15) is 9.59 Å². The summed E-state index contributed by atoms with van der Waals surface area (Å²) in [5.74, 6) is -0.170. The lowest BCUT2D eigenvalue weighted by molar-refractivity contribution is -0.127. The number of benzene rings is 1. The second-order valence-electron chi connectivity index (χ2n) is 8.98. The summed E-state index contributed by atoms with van der Waals surface area (Å²) in [5, 5.41) is 3.15. The standard InChI is InChI=1S/C25H29N3O2/c29-23(27-17-18-9-5-8-16-26-18)22-20-12-3-4-13-21(20)24(30)28(19-10-1-2-11-19)25(22)14-6-7-15-25/h3-5,8-9,12-13,16,19,22H,1-2,6-7,10-11,14-15,17H2,(H,27,29)/t22-/m0/s1. The van der Waals surface area contributed by atoms with Crippen molar-refractivity contribution in [3.05, 3.63) is 65.5 Å². The molecule has 3 aliphatic rings. The predicted octanol–water partition coefficient (Wildman–Crippen LogP) is 4.19.